The fraction of sp³-hybridized carbons (Fsp3) is 0.182. The van der Waals surface area contributed by atoms with Crippen molar-refractivity contribution in [3.8, 4) is 11.3 Å². The summed E-state index contributed by atoms with van der Waals surface area (Å²) in [5.41, 5.74) is 5.91. The standard InChI is InChI=1S/C22H20N2OS/c25-21(23-16-11-5-2-6-12-16)19-17-13-7-8-14-18(17)20(24-22(19)26)15-9-3-1-4-10-15/h1-6,9-12H,7-8,13-14H2,(H,23,25)(H,24,26). The molecule has 0 atom stereocenters. The fourth-order valence-corrected chi connectivity index (χ4v) is 3.97. The van der Waals surface area contributed by atoms with E-state index in [0.717, 1.165) is 48.2 Å². The van der Waals surface area contributed by atoms with Crippen LogP contribution in [-0.4, -0.2) is 10.9 Å². The highest BCUT2D eigenvalue weighted by Gasteiger charge is 2.23. The topological polar surface area (TPSA) is 44.9 Å². The van der Waals surface area contributed by atoms with Gasteiger partial charge >= 0.3 is 0 Å². The lowest BCUT2D eigenvalue weighted by atomic mass is 9.86. The number of para-hydroxylation sites is 1. The van der Waals surface area contributed by atoms with Gasteiger partial charge < -0.3 is 10.3 Å². The van der Waals surface area contributed by atoms with Gasteiger partial charge in [-0.3, -0.25) is 4.79 Å². The lowest BCUT2D eigenvalue weighted by molar-refractivity contribution is 0.102. The smallest absolute Gasteiger partial charge is 0.258 e. The van der Waals surface area contributed by atoms with E-state index >= 15 is 0 Å². The first-order valence-electron chi connectivity index (χ1n) is 8.94. The number of fused-ring (bicyclic) bond motifs is 1. The summed E-state index contributed by atoms with van der Waals surface area (Å²) >= 11 is 5.60. The molecule has 0 unspecified atom stereocenters. The molecule has 1 amide bonds. The molecular formula is C22H20N2OS. The Bertz CT molecular complexity index is 994. The van der Waals surface area contributed by atoms with E-state index in [0.29, 0.717) is 10.2 Å². The van der Waals surface area contributed by atoms with Crippen LogP contribution in [0.25, 0.3) is 11.3 Å². The largest absolute Gasteiger partial charge is 0.345 e. The van der Waals surface area contributed by atoms with Gasteiger partial charge in [0.25, 0.3) is 5.91 Å². The molecule has 0 bridgehead atoms. The molecule has 2 aromatic carbocycles. The van der Waals surface area contributed by atoms with Crippen LogP contribution in [-0.2, 0) is 12.8 Å². The van der Waals surface area contributed by atoms with Crippen LogP contribution in [0.2, 0.25) is 0 Å². The summed E-state index contributed by atoms with van der Waals surface area (Å²) in [5, 5.41) is 2.98. The molecule has 3 nitrogen and oxygen atoms in total. The van der Waals surface area contributed by atoms with Gasteiger partial charge in [0.15, 0.2) is 0 Å². The van der Waals surface area contributed by atoms with E-state index < -0.39 is 0 Å². The maximum absolute atomic E-state index is 13.0. The Morgan fingerprint density at radius 1 is 0.885 bits per heavy atom. The van der Waals surface area contributed by atoms with E-state index in [1.807, 2.05) is 48.5 Å². The molecule has 1 aliphatic rings. The average Bonchev–Trinajstić information content (AvgIpc) is 2.68. The molecule has 0 fully saturated rings. The molecule has 1 aromatic heterocycles. The van der Waals surface area contributed by atoms with Crippen LogP contribution < -0.4 is 5.32 Å². The molecule has 0 spiro atoms. The number of hydrogen-bond acceptors (Lipinski definition) is 2. The molecular weight excluding hydrogens is 340 g/mol. The van der Waals surface area contributed by atoms with Crippen LogP contribution >= 0.6 is 12.2 Å². The number of H-pyrrole nitrogens is 1. The van der Waals surface area contributed by atoms with Crippen LogP contribution in [0.15, 0.2) is 60.7 Å². The summed E-state index contributed by atoms with van der Waals surface area (Å²) in [5.74, 6) is -0.129. The number of benzene rings is 2. The number of nitrogens with one attached hydrogen (secondary N) is 2. The molecule has 0 saturated carbocycles. The zero-order chi connectivity index (χ0) is 17.9. The Kier molecular flexibility index (Phi) is 4.67. The monoisotopic (exact) mass is 360 g/mol. The molecule has 130 valence electrons. The summed E-state index contributed by atoms with van der Waals surface area (Å²) in [6.45, 7) is 0. The van der Waals surface area contributed by atoms with E-state index in [-0.39, 0.29) is 5.91 Å². The van der Waals surface area contributed by atoms with E-state index in [4.69, 9.17) is 12.2 Å². The fourth-order valence-electron chi connectivity index (χ4n) is 3.65. The van der Waals surface area contributed by atoms with Gasteiger partial charge in [0.2, 0.25) is 0 Å². The first-order chi connectivity index (χ1) is 12.7. The van der Waals surface area contributed by atoms with Gasteiger partial charge in [-0.15, -0.1) is 0 Å². The normalized spacial score (nSPS) is 13.1. The second-order valence-electron chi connectivity index (χ2n) is 6.55. The Morgan fingerprint density at radius 2 is 1.50 bits per heavy atom. The summed E-state index contributed by atoms with van der Waals surface area (Å²) in [6, 6.07) is 19.7. The van der Waals surface area contributed by atoms with E-state index in [1.54, 1.807) is 0 Å². The number of carbonyl (C=O) groups excluding carboxylic acids is 1. The van der Waals surface area contributed by atoms with Crippen LogP contribution in [0.1, 0.15) is 34.3 Å². The van der Waals surface area contributed by atoms with Crippen LogP contribution in [0.4, 0.5) is 5.69 Å². The third-order valence-corrected chi connectivity index (χ3v) is 5.16. The summed E-state index contributed by atoms with van der Waals surface area (Å²) in [7, 11) is 0. The van der Waals surface area contributed by atoms with Crippen molar-refractivity contribution in [1.82, 2.24) is 4.98 Å². The number of aromatic amines is 1. The van der Waals surface area contributed by atoms with Crippen molar-refractivity contribution in [2.45, 2.75) is 25.7 Å². The van der Waals surface area contributed by atoms with Gasteiger partial charge in [0, 0.05) is 11.4 Å². The van der Waals surface area contributed by atoms with Gasteiger partial charge in [-0.05, 0) is 54.5 Å². The van der Waals surface area contributed by atoms with Gasteiger partial charge in [-0.25, -0.2) is 0 Å². The molecule has 4 rings (SSSR count). The maximum Gasteiger partial charge on any atom is 0.258 e. The van der Waals surface area contributed by atoms with Gasteiger partial charge in [-0.2, -0.15) is 0 Å². The van der Waals surface area contributed by atoms with Gasteiger partial charge in [-0.1, -0.05) is 60.7 Å². The van der Waals surface area contributed by atoms with Crippen molar-refractivity contribution >= 4 is 23.8 Å². The summed E-state index contributed by atoms with van der Waals surface area (Å²) in [4.78, 5) is 16.3. The molecule has 1 aliphatic carbocycles. The highest BCUT2D eigenvalue weighted by Crippen LogP contribution is 2.33. The van der Waals surface area contributed by atoms with Crippen molar-refractivity contribution in [2.24, 2.45) is 0 Å². The van der Waals surface area contributed by atoms with Crippen LogP contribution in [0.3, 0.4) is 0 Å². The van der Waals surface area contributed by atoms with Crippen LogP contribution in [0.5, 0.6) is 0 Å². The SMILES string of the molecule is O=C(Nc1ccccc1)c1c2c(c(-c3ccccc3)[nH]c1=S)CCCC2. The Labute approximate surface area is 158 Å². The number of aromatic nitrogens is 1. The minimum absolute atomic E-state index is 0.129. The van der Waals surface area contributed by atoms with E-state index in [1.165, 1.54) is 5.56 Å². The van der Waals surface area contributed by atoms with Crippen molar-refractivity contribution in [3.63, 3.8) is 0 Å². The molecule has 26 heavy (non-hydrogen) atoms. The number of amides is 1. The molecule has 0 radical (unpaired) electrons. The summed E-state index contributed by atoms with van der Waals surface area (Å²) < 4.78 is 0.512. The van der Waals surface area contributed by atoms with E-state index in [9.17, 15) is 4.79 Å². The first kappa shape index (κ1) is 16.7. The highest BCUT2D eigenvalue weighted by atomic mass is 32.1. The first-order valence-corrected chi connectivity index (χ1v) is 9.34. The quantitative estimate of drug-likeness (QED) is 0.602. The van der Waals surface area contributed by atoms with E-state index in [2.05, 4.69) is 22.4 Å². The lowest BCUT2D eigenvalue weighted by Crippen LogP contribution is -2.19. The zero-order valence-electron chi connectivity index (χ0n) is 14.4. The second kappa shape index (κ2) is 7.26. The van der Waals surface area contributed by atoms with Crippen molar-refractivity contribution < 1.29 is 4.79 Å². The number of pyridine rings is 1. The molecule has 3 aromatic rings. The predicted octanol–water partition coefficient (Wildman–Crippen LogP) is 5.54. The maximum atomic E-state index is 13.0. The molecule has 0 aliphatic heterocycles. The van der Waals surface area contributed by atoms with Crippen molar-refractivity contribution in [2.75, 3.05) is 5.32 Å². The second-order valence-corrected chi connectivity index (χ2v) is 6.96. The Morgan fingerprint density at radius 3 is 2.19 bits per heavy atom. The van der Waals surface area contributed by atoms with Gasteiger partial charge in [0.05, 0.1) is 5.56 Å². The van der Waals surface area contributed by atoms with Gasteiger partial charge in [0.1, 0.15) is 4.64 Å². The number of hydrogen-bond donors (Lipinski definition) is 2. The molecule has 0 saturated heterocycles. The lowest BCUT2D eigenvalue weighted by Gasteiger charge is -2.23. The Balaban J connectivity index is 1.81. The van der Waals surface area contributed by atoms with Crippen LogP contribution in [0, 0.1) is 4.64 Å². The predicted molar refractivity (Wildman–Crippen MR) is 108 cm³/mol. The van der Waals surface area contributed by atoms with Crippen molar-refractivity contribution in [1.29, 1.82) is 0 Å². The highest BCUT2D eigenvalue weighted by molar-refractivity contribution is 7.71. The Hall–Kier alpha value is -2.72. The number of anilines is 1. The minimum atomic E-state index is -0.129. The van der Waals surface area contributed by atoms with Crippen molar-refractivity contribution in [3.05, 3.63) is 82.0 Å². The number of carbonyl (C=O) groups is 1. The average molecular weight is 360 g/mol. The zero-order valence-corrected chi connectivity index (χ0v) is 15.2. The summed E-state index contributed by atoms with van der Waals surface area (Å²) in [6.07, 6.45) is 4.09. The molecule has 4 heteroatoms. The number of rotatable bonds is 3. The minimum Gasteiger partial charge on any atom is -0.345 e. The third-order valence-electron chi connectivity index (χ3n) is 4.86. The molecule has 1 heterocycles. The molecule has 2 N–H and O–H groups in total. The third kappa shape index (κ3) is 3.20.